The van der Waals surface area contributed by atoms with Crippen molar-refractivity contribution in [2.75, 3.05) is 26.8 Å². The van der Waals surface area contributed by atoms with Gasteiger partial charge in [0.15, 0.2) is 0 Å². The van der Waals surface area contributed by atoms with E-state index in [4.69, 9.17) is 9.47 Å². The molecule has 0 bridgehead atoms. The van der Waals surface area contributed by atoms with Crippen LogP contribution in [0.2, 0.25) is 0 Å². The van der Waals surface area contributed by atoms with E-state index in [1.54, 1.807) is 36.3 Å². The Hall–Kier alpha value is -1.55. The zero-order valence-corrected chi connectivity index (χ0v) is 13.3. The lowest BCUT2D eigenvalue weighted by molar-refractivity contribution is -0.940. The molecule has 3 atom stereocenters. The first-order chi connectivity index (χ1) is 10.8. The van der Waals surface area contributed by atoms with Gasteiger partial charge in [0, 0.05) is 5.92 Å². The van der Waals surface area contributed by atoms with E-state index in [-0.39, 0.29) is 5.97 Å². The summed E-state index contributed by atoms with van der Waals surface area (Å²) < 4.78 is 10.7. The van der Waals surface area contributed by atoms with Gasteiger partial charge in [-0.05, 0) is 56.4 Å². The number of benzene rings is 1. The Balaban J connectivity index is 1.55. The highest BCUT2D eigenvalue weighted by molar-refractivity contribution is 5.89. The van der Waals surface area contributed by atoms with Crippen molar-refractivity contribution in [1.82, 2.24) is 0 Å². The quantitative estimate of drug-likeness (QED) is 0.861. The summed E-state index contributed by atoms with van der Waals surface area (Å²) in [7, 11) is 1.62. The molecule has 0 aromatic heterocycles. The second kappa shape index (κ2) is 7.14. The number of hydrogen-bond donors (Lipinski definition) is 1. The fraction of sp³-hybridized carbons (Fsp3) is 0.611. The van der Waals surface area contributed by atoms with Crippen molar-refractivity contribution in [3.8, 4) is 5.75 Å². The maximum atomic E-state index is 12.2. The van der Waals surface area contributed by atoms with Crippen LogP contribution >= 0.6 is 0 Å². The third kappa shape index (κ3) is 3.43. The molecule has 1 aromatic rings. The molecule has 1 N–H and O–H groups in total. The molecule has 0 spiro atoms. The highest BCUT2D eigenvalue weighted by atomic mass is 16.5. The van der Waals surface area contributed by atoms with E-state index >= 15 is 0 Å². The second-order valence-electron chi connectivity index (χ2n) is 6.49. The molecule has 2 aliphatic heterocycles. The van der Waals surface area contributed by atoms with Crippen molar-refractivity contribution in [2.45, 2.75) is 38.1 Å². The SMILES string of the molecule is COc1ccc(C(=O)OC[C@H]2CCC[NH+]3CCCC[C@@H]23)cc1. The Kier molecular flexibility index (Phi) is 4.98. The summed E-state index contributed by atoms with van der Waals surface area (Å²) in [5, 5.41) is 0. The first-order valence-corrected chi connectivity index (χ1v) is 8.43. The molecule has 1 aromatic carbocycles. The zero-order valence-electron chi connectivity index (χ0n) is 13.3. The average molecular weight is 304 g/mol. The number of piperidine rings is 2. The molecular formula is C18H26NO3+. The Bertz CT molecular complexity index is 498. The Morgan fingerprint density at radius 1 is 1.14 bits per heavy atom. The molecule has 0 radical (unpaired) electrons. The molecule has 2 fully saturated rings. The van der Waals surface area contributed by atoms with Crippen LogP contribution in [0.1, 0.15) is 42.5 Å². The average Bonchev–Trinajstić information content (AvgIpc) is 2.59. The van der Waals surface area contributed by atoms with E-state index < -0.39 is 0 Å². The molecule has 0 saturated carbocycles. The van der Waals surface area contributed by atoms with E-state index in [2.05, 4.69) is 0 Å². The van der Waals surface area contributed by atoms with Crippen LogP contribution in [0.4, 0.5) is 0 Å². The number of carbonyl (C=O) groups excluding carboxylic acids is 1. The standard InChI is InChI=1S/C18H25NO3/c1-21-16-9-7-14(8-10-16)18(20)22-13-15-5-4-12-19-11-3-2-6-17(15)19/h7-10,15,17H,2-6,11-13H2,1H3/p+1/t15-,17+/m1/s1. The Labute approximate surface area is 132 Å². The minimum atomic E-state index is -0.217. The predicted octanol–water partition coefficient (Wildman–Crippen LogP) is 1.70. The molecule has 0 aliphatic carbocycles. The van der Waals surface area contributed by atoms with Crippen molar-refractivity contribution in [3.05, 3.63) is 29.8 Å². The van der Waals surface area contributed by atoms with Gasteiger partial charge in [-0.1, -0.05) is 0 Å². The van der Waals surface area contributed by atoms with Crippen molar-refractivity contribution in [3.63, 3.8) is 0 Å². The smallest absolute Gasteiger partial charge is 0.338 e. The first kappa shape index (κ1) is 15.3. The number of nitrogens with one attached hydrogen (secondary N) is 1. The van der Waals surface area contributed by atoms with Gasteiger partial charge in [0.25, 0.3) is 0 Å². The molecule has 2 saturated heterocycles. The maximum absolute atomic E-state index is 12.2. The molecular weight excluding hydrogens is 278 g/mol. The lowest BCUT2D eigenvalue weighted by atomic mass is 9.84. The highest BCUT2D eigenvalue weighted by Gasteiger charge is 2.37. The second-order valence-corrected chi connectivity index (χ2v) is 6.49. The van der Waals surface area contributed by atoms with Crippen molar-refractivity contribution in [1.29, 1.82) is 0 Å². The van der Waals surface area contributed by atoms with Crippen LogP contribution in [-0.4, -0.2) is 38.8 Å². The van der Waals surface area contributed by atoms with Crippen LogP contribution in [0.15, 0.2) is 24.3 Å². The fourth-order valence-electron chi connectivity index (χ4n) is 3.97. The van der Waals surface area contributed by atoms with E-state index in [0.29, 0.717) is 24.1 Å². The van der Waals surface area contributed by atoms with Gasteiger partial charge in [-0.2, -0.15) is 0 Å². The molecule has 3 rings (SSSR count). The molecule has 1 unspecified atom stereocenters. The number of fused-ring (bicyclic) bond motifs is 1. The summed E-state index contributed by atoms with van der Waals surface area (Å²) in [4.78, 5) is 13.9. The topological polar surface area (TPSA) is 40.0 Å². The van der Waals surface area contributed by atoms with E-state index in [1.807, 2.05) is 0 Å². The van der Waals surface area contributed by atoms with Crippen LogP contribution in [0, 0.1) is 5.92 Å². The summed E-state index contributed by atoms with van der Waals surface area (Å²) in [6.07, 6.45) is 6.43. The number of hydrogen-bond acceptors (Lipinski definition) is 3. The lowest BCUT2D eigenvalue weighted by Crippen LogP contribution is -3.18. The third-order valence-electron chi connectivity index (χ3n) is 5.18. The van der Waals surface area contributed by atoms with Crippen LogP contribution in [-0.2, 0) is 4.74 Å². The predicted molar refractivity (Wildman–Crippen MR) is 84.3 cm³/mol. The largest absolute Gasteiger partial charge is 0.497 e. The normalized spacial score (nSPS) is 27.8. The summed E-state index contributed by atoms with van der Waals surface area (Å²) in [5.41, 5.74) is 0.601. The minimum absolute atomic E-state index is 0.217. The summed E-state index contributed by atoms with van der Waals surface area (Å²) in [6.45, 7) is 3.17. The highest BCUT2D eigenvalue weighted by Crippen LogP contribution is 2.21. The zero-order chi connectivity index (χ0) is 15.4. The third-order valence-corrected chi connectivity index (χ3v) is 5.18. The van der Waals surface area contributed by atoms with Crippen molar-refractivity contribution < 1.29 is 19.2 Å². The molecule has 2 aliphatic rings. The van der Waals surface area contributed by atoms with Gasteiger partial charge in [0.2, 0.25) is 0 Å². The van der Waals surface area contributed by atoms with Crippen LogP contribution in [0.25, 0.3) is 0 Å². The number of esters is 1. The van der Waals surface area contributed by atoms with Gasteiger partial charge in [-0.25, -0.2) is 4.79 Å². The number of ether oxygens (including phenoxy) is 2. The number of rotatable bonds is 4. The van der Waals surface area contributed by atoms with E-state index in [0.717, 1.165) is 5.75 Å². The van der Waals surface area contributed by atoms with Gasteiger partial charge in [0.05, 0.1) is 31.8 Å². The maximum Gasteiger partial charge on any atom is 0.338 e. The lowest BCUT2D eigenvalue weighted by Gasteiger charge is -2.40. The van der Waals surface area contributed by atoms with Gasteiger partial charge in [-0.15, -0.1) is 0 Å². The molecule has 120 valence electrons. The van der Waals surface area contributed by atoms with Gasteiger partial charge < -0.3 is 14.4 Å². The Morgan fingerprint density at radius 2 is 1.91 bits per heavy atom. The van der Waals surface area contributed by atoms with E-state index in [1.165, 1.54) is 45.2 Å². The number of carbonyl (C=O) groups is 1. The molecule has 2 heterocycles. The van der Waals surface area contributed by atoms with Crippen molar-refractivity contribution >= 4 is 5.97 Å². The first-order valence-electron chi connectivity index (χ1n) is 8.43. The molecule has 4 heteroatoms. The summed E-state index contributed by atoms with van der Waals surface area (Å²) in [6, 6.07) is 7.82. The van der Waals surface area contributed by atoms with Gasteiger partial charge >= 0.3 is 5.97 Å². The molecule has 0 amide bonds. The molecule has 4 nitrogen and oxygen atoms in total. The number of methoxy groups -OCH3 is 1. The van der Waals surface area contributed by atoms with Crippen LogP contribution < -0.4 is 9.64 Å². The van der Waals surface area contributed by atoms with Crippen molar-refractivity contribution in [2.24, 2.45) is 5.92 Å². The Morgan fingerprint density at radius 3 is 2.68 bits per heavy atom. The van der Waals surface area contributed by atoms with E-state index in [9.17, 15) is 4.79 Å². The van der Waals surface area contributed by atoms with Crippen LogP contribution in [0.3, 0.4) is 0 Å². The summed E-state index contributed by atoms with van der Waals surface area (Å²) in [5.74, 6) is 1.07. The van der Waals surface area contributed by atoms with Crippen LogP contribution in [0.5, 0.6) is 5.75 Å². The number of quaternary nitrogens is 1. The summed E-state index contributed by atoms with van der Waals surface area (Å²) >= 11 is 0. The molecule has 22 heavy (non-hydrogen) atoms. The minimum Gasteiger partial charge on any atom is -0.497 e. The fourth-order valence-corrected chi connectivity index (χ4v) is 3.97. The monoisotopic (exact) mass is 304 g/mol. The van der Waals surface area contributed by atoms with Gasteiger partial charge in [0.1, 0.15) is 12.4 Å². The van der Waals surface area contributed by atoms with Gasteiger partial charge in [-0.3, -0.25) is 0 Å².